The zero-order valence-corrected chi connectivity index (χ0v) is 19.4. The van der Waals surface area contributed by atoms with Gasteiger partial charge >= 0.3 is 5.97 Å². The average molecular weight is 419 g/mol. The Kier molecular flexibility index (Phi) is 6.13. The molecule has 3 saturated carbocycles. The van der Waals surface area contributed by atoms with Crippen LogP contribution >= 0.6 is 0 Å². The Morgan fingerprint density at radius 3 is 2.73 bits per heavy atom. The number of ether oxygens (including phenoxy) is 1. The number of aliphatic hydroxyl groups is 2. The lowest BCUT2D eigenvalue weighted by Crippen LogP contribution is -2.57. The summed E-state index contributed by atoms with van der Waals surface area (Å²) in [5.41, 5.74) is 1.62. The third-order valence-electron chi connectivity index (χ3n) is 10.0. The highest BCUT2D eigenvalue weighted by Gasteiger charge is 2.63. The van der Waals surface area contributed by atoms with Crippen LogP contribution in [0.1, 0.15) is 85.5 Å². The Hall–Kier alpha value is -0.870. The van der Waals surface area contributed by atoms with Crippen molar-refractivity contribution in [1.29, 1.82) is 0 Å². The Morgan fingerprint density at radius 2 is 2.03 bits per heavy atom. The highest BCUT2D eigenvalue weighted by atomic mass is 16.5. The molecule has 0 amide bonds. The molecule has 30 heavy (non-hydrogen) atoms. The molecule has 4 rings (SSSR count). The van der Waals surface area contributed by atoms with Gasteiger partial charge in [0.05, 0.1) is 6.10 Å². The van der Waals surface area contributed by atoms with Crippen molar-refractivity contribution in [2.45, 2.75) is 97.7 Å². The predicted molar refractivity (Wildman–Crippen MR) is 118 cm³/mol. The smallest absolute Gasteiger partial charge is 0.302 e. The van der Waals surface area contributed by atoms with Crippen molar-refractivity contribution in [3.63, 3.8) is 0 Å². The molecule has 3 fully saturated rings. The molecule has 4 heteroatoms. The first kappa shape index (κ1) is 22.3. The number of allylic oxidation sites excluding steroid dienone is 1. The number of aliphatic hydroxyl groups excluding tert-OH is 2. The van der Waals surface area contributed by atoms with Gasteiger partial charge in [-0.2, -0.15) is 0 Å². The molecule has 0 radical (unpaired) electrons. The van der Waals surface area contributed by atoms with Gasteiger partial charge in [-0.05, 0) is 92.8 Å². The minimum atomic E-state index is -0.192. The van der Waals surface area contributed by atoms with Crippen LogP contribution in [0.15, 0.2) is 11.6 Å². The van der Waals surface area contributed by atoms with E-state index in [-0.39, 0.29) is 35.6 Å². The van der Waals surface area contributed by atoms with Crippen molar-refractivity contribution in [2.24, 2.45) is 40.4 Å². The van der Waals surface area contributed by atoms with E-state index in [0.29, 0.717) is 29.6 Å². The quantitative estimate of drug-likeness (QED) is 0.493. The Balaban J connectivity index is 1.68. The molecule has 0 bridgehead atoms. The van der Waals surface area contributed by atoms with Crippen molar-refractivity contribution in [3.8, 4) is 0 Å². The Labute approximate surface area is 182 Å². The van der Waals surface area contributed by atoms with E-state index in [0.717, 1.165) is 44.9 Å². The Morgan fingerprint density at radius 1 is 1.27 bits per heavy atom. The van der Waals surface area contributed by atoms with Gasteiger partial charge in [0.15, 0.2) is 0 Å². The summed E-state index contributed by atoms with van der Waals surface area (Å²) in [7, 11) is 0. The number of carbonyl (C=O) groups excluding carboxylic acids is 1. The molecule has 0 aromatic heterocycles. The fourth-order valence-electron chi connectivity index (χ4n) is 8.53. The summed E-state index contributed by atoms with van der Waals surface area (Å²) in [6.07, 6.45) is 11.4. The number of rotatable bonds is 5. The van der Waals surface area contributed by atoms with Crippen molar-refractivity contribution in [2.75, 3.05) is 6.61 Å². The molecule has 0 saturated heterocycles. The lowest BCUT2D eigenvalue weighted by molar-refractivity contribution is -0.180. The van der Waals surface area contributed by atoms with Crippen LogP contribution in [0.25, 0.3) is 0 Å². The van der Waals surface area contributed by atoms with Crippen LogP contribution in [-0.2, 0) is 9.53 Å². The van der Waals surface area contributed by atoms with Gasteiger partial charge in [0, 0.05) is 18.9 Å². The fourth-order valence-corrected chi connectivity index (χ4v) is 8.53. The molecule has 4 aliphatic rings. The van der Waals surface area contributed by atoms with Gasteiger partial charge in [-0.15, -0.1) is 0 Å². The van der Waals surface area contributed by atoms with E-state index in [1.807, 2.05) is 0 Å². The normalized spacial score (nSPS) is 46.3. The summed E-state index contributed by atoms with van der Waals surface area (Å²) >= 11 is 0. The molecular weight excluding hydrogens is 376 g/mol. The second kappa shape index (κ2) is 8.24. The highest BCUT2D eigenvalue weighted by molar-refractivity contribution is 5.66. The van der Waals surface area contributed by atoms with Crippen molar-refractivity contribution in [3.05, 3.63) is 11.6 Å². The topological polar surface area (TPSA) is 66.8 Å². The third-order valence-corrected chi connectivity index (χ3v) is 10.0. The number of fused-ring (bicyclic) bond motifs is 5. The second-order valence-electron chi connectivity index (χ2n) is 11.4. The summed E-state index contributed by atoms with van der Waals surface area (Å²) in [6, 6.07) is 0. The van der Waals surface area contributed by atoms with E-state index < -0.39 is 0 Å². The van der Waals surface area contributed by atoms with Crippen molar-refractivity contribution >= 4 is 5.97 Å². The van der Waals surface area contributed by atoms with Crippen LogP contribution in [0.5, 0.6) is 0 Å². The van der Waals surface area contributed by atoms with Crippen molar-refractivity contribution in [1.82, 2.24) is 0 Å². The number of esters is 1. The second-order valence-corrected chi connectivity index (χ2v) is 11.4. The molecule has 0 heterocycles. The Bertz CT molecular complexity index is 687. The minimum absolute atomic E-state index is 0.0200. The van der Waals surface area contributed by atoms with E-state index in [1.165, 1.54) is 18.4 Å². The maximum atomic E-state index is 12.2. The number of carbonyl (C=O) groups is 1. The average Bonchev–Trinajstić information content (AvgIpc) is 3.05. The van der Waals surface area contributed by atoms with E-state index in [1.54, 1.807) is 6.92 Å². The van der Waals surface area contributed by atoms with Gasteiger partial charge in [-0.1, -0.05) is 32.4 Å². The molecule has 170 valence electrons. The zero-order valence-electron chi connectivity index (χ0n) is 19.4. The van der Waals surface area contributed by atoms with E-state index in [2.05, 4.69) is 26.8 Å². The van der Waals surface area contributed by atoms with Crippen LogP contribution in [0.3, 0.4) is 0 Å². The molecule has 0 aromatic rings. The van der Waals surface area contributed by atoms with Gasteiger partial charge in [-0.3, -0.25) is 4.79 Å². The number of hydrogen-bond acceptors (Lipinski definition) is 4. The lowest BCUT2D eigenvalue weighted by atomic mass is 9.46. The van der Waals surface area contributed by atoms with Gasteiger partial charge in [-0.25, -0.2) is 0 Å². The van der Waals surface area contributed by atoms with E-state index in [4.69, 9.17) is 4.74 Å². The van der Waals surface area contributed by atoms with Crippen LogP contribution < -0.4 is 0 Å². The van der Waals surface area contributed by atoms with Gasteiger partial charge in [0.25, 0.3) is 0 Å². The molecule has 0 unspecified atom stereocenters. The monoisotopic (exact) mass is 418 g/mol. The largest absolute Gasteiger partial charge is 0.462 e. The third kappa shape index (κ3) is 3.46. The van der Waals surface area contributed by atoms with E-state index in [9.17, 15) is 15.0 Å². The van der Waals surface area contributed by atoms with E-state index >= 15 is 0 Å². The molecule has 2 N–H and O–H groups in total. The summed E-state index contributed by atoms with van der Waals surface area (Å²) in [5.74, 6) is 2.72. The molecule has 4 nitrogen and oxygen atoms in total. The molecule has 9 atom stereocenters. The molecule has 0 aromatic carbocycles. The van der Waals surface area contributed by atoms with Gasteiger partial charge < -0.3 is 14.9 Å². The van der Waals surface area contributed by atoms with Crippen LogP contribution in [-0.4, -0.2) is 35.0 Å². The first-order chi connectivity index (χ1) is 14.2. The first-order valence-electron chi connectivity index (χ1n) is 12.4. The molecule has 0 spiro atoms. The number of hydrogen-bond donors (Lipinski definition) is 2. The molecule has 0 aliphatic heterocycles. The maximum absolute atomic E-state index is 12.2. The van der Waals surface area contributed by atoms with Gasteiger partial charge in [0.1, 0.15) is 6.10 Å². The zero-order chi connectivity index (χ0) is 21.7. The van der Waals surface area contributed by atoms with Crippen LogP contribution in [0.4, 0.5) is 0 Å². The van der Waals surface area contributed by atoms with Crippen LogP contribution in [0.2, 0.25) is 0 Å². The summed E-state index contributed by atoms with van der Waals surface area (Å²) < 4.78 is 6.13. The predicted octanol–water partition coefficient (Wildman–Crippen LogP) is 4.88. The summed E-state index contributed by atoms with van der Waals surface area (Å²) in [6.45, 7) is 9.00. The molecular formula is C26H42O4. The van der Waals surface area contributed by atoms with Gasteiger partial charge in [0.2, 0.25) is 0 Å². The lowest BCUT2D eigenvalue weighted by Gasteiger charge is -2.60. The molecule has 4 aliphatic carbocycles. The maximum Gasteiger partial charge on any atom is 0.302 e. The minimum Gasteiger partial charge on any atom is -0.462 e. The first-order valence-corrected chi connectivity index (χ1v) is 12.4. The van der Waals surface area contributed by atoms with Crippen molar-refractivity contribution < 1.29 is 19.7 Å². The fraction of sp³-hybridized carbons (Fsp3) is 0.885. The van der Waals surface area contributed by atoms with Crippen LogP contribution in [0, 0.1) is 40.4 Å². The summed E-state index contributed by atoms with van der Waals surface area (Å²) in [4.78, 5) is 12.2. The standard InChI is InChI=1S/C26H42O4/c1-16(6-5-13-27)21-9-10-22-20-8-7-18-14-19(29)11-12-25(18,3)23(20)15-24(26(21,22)4)30-17(2)28/h7,16,19-24,27,29H,5-6,8-15H2,1-4H3/t16-,19+,20+,21-,22+,23+,24+,25+,26-/m1/s1. The highest BCUT2D eigenvalue weighted by Crippen LogP contribution is 2.67. The summed E-state index contributed by atoms with van der Waals surface area (Å²) in [5, 5.41) is 19.6. The SMILES string of the molecule is CC(=O)O[C@H]1C[C@H]2[C@@H](CC=C3C[C@@H](O)CC[C@@]32C)[C@@H]2CC[C@H]([C@H](C)CCCO)[C@@]12C.